The maximum Gasteiger partial charge on any atom is 0.407 e. The number of carbonyl (C=O) groups is 1. The highest BCUT2D eigenvalue weighted by molar-refractivity contribution is 5.67. The standard InChI is InChI=1S/C12H21NO3/c1-5-9-6-12(9,8-14)7-13-10(15)16-11(2,3)4/h5,9,14H,1,6-8H2,2-4H3,(H,13,15)/t9-,12-/m1/s1. The maximum absolute atomic E-state index is 11.4. The third-order valence-corrected chi connectivity index (χ3v) is 2.84. The Morgan fingerprint density at radius 3 is 2.69 bits per heavy atom. The zero-order valence-electron chi connectivity index (χ0n) is 10.2. The van der Waals surface area contributed by atoms with Crippen LogP contribution >= 0.6 is 0 Å². The second-order valence-corrected chi connectivity index (χ2v) is 5.42. The quantitative estimate of drug-likeness (QED) is 0.719. The van der Waals surface area contributed by atoms with E-state index in [1.54, 1.807) is 0 Å². The average molecular weight is 227 g/mol. The maximum atomic E-state index is 11.4. The van der Waals surface area contributed by atoms with Gasteiger partial charge in [-0.25, -0.2) is 4.79 Å². The number of nitrogens with one attached hydrogen (secondary N) is 1. The molecule has 1 aliphatic carbocycles. The molecule has 0 aromatic heterocycles. The Morgan fingerprint density at radius 1 is 1.69 bits per heavy atom. The van der Waals surface area contributed by atoms with Crippen molar-refractivity contribution in [2.45, 2.75) is 32.8 Å². The molecule has 0 aromatic rings. The molecule has 0 unspecified atom stereocenters. The van der Waals surface area contributed by atoms with Crippen LogP contribution in [0.15, 0.2) is 12.7 Å². The van der Waals surface area contributed by atoms with Crippen molar-refractivity contribution in [2.75, 3.05) is 13.2 Å². The molecule has 2 N–H and O–H groups in total. The average Bonchev–Trinajstić information content (AvgIpc) is 2.87. The molecule has 0 saturated heterocycles. The Morgan fingerprint density at radius 2 is 2.31 bits per heavy atom. The first-order valence-corrected chi connectivity index (χ1v) is 5.53. The molecule has 0 radical (unpaired) electrons. The Kier molecular flexibility index (Phi) is 3.63. The van der Waals surface area contributed by atoms with Crippen LogP contribution in [0.25, 0.3) is 0 Å². The summed E-state index contributed by atoms with van der Waals surface area (Å²) in [5.41, 5.74) is -0.698. The predicted molar refractivity (Wildman–Crippen MR) is 62.1 cm³/mol. The van der Waals surface area contributed by atoms with E-state index in [1.807, 2.05) is 26.8 Å². The van der Waals surface area contributed by atoms with Crippen LogP contribution < -0.4 is 5.32 Å². The number of hydrogen-bond acceptors (Lipinski definition) is 3. The van der Waals surface area contributed by atoms with E-state index in [0.29, 0.717) is 12.5 Å². The van der Waals surface area contributed by atoms with Crippen LogP contribution in [0.1, 0.15) is 27.2 Å². The molecule has 2 atom stereocenters. The Labute approximate surface area is 96.7 Å². The first-order valence-electron chi connectivity index (χ1n) is 5.53. The van der Waals surface area contributed by atoms with Gasteiger partial charge in [-0.15, -0.1) is 6.58 Å². The number of carbonyl (C=O) groups excluding carboxylic acids is 1. The van der Waals surface area contributed by atoms with Crippen LogP contribution in [0.5, 0.6) is 0 Å². The summed E-state index contributed by atoms with van der Waals surface area (Å²) in [6, 6.07) is 0. The first-order chi connectivity index (χ1) is 7.33. The lowest BCUT2D eigenvalue weighted by atomic mass is 10.1. The summed E-state index contributed by atoms with van der Waals surface area (Å²) in [4.78, 5) is 11.4. The number of rotatable bonds is 4. The second kappa shape index (κ2) is 4.45. The molecule has 0 bridgehead atoms. The van der Waals surface area contributed by atoms with E-state index in [4.69, 9.17) is 4.74 Å². The van der Waals surface area contributed by atoms with Crippen LogP contribution in [-0.2, 0) is 4.74 Å². The van der Waals surface area contributed by atoms with Crippen molar-refractivity contribution in [3.05, 3.63) is 12.7 Å². The molecular weight excluding hydrogens is 206 g/mol. The molecule has 0 spiro atoms. The van der Waals surface area contributed by atoms with Gasteiger partial charge in [0.05, 0.1) is 6.61 Å². The van der Waals surface area contributed by atoms with Crippen molar-refractivity contribution in [1.29, 1.82) is 0 Å². The second-order valence-electron chi connectivity index (χ2n) is 5.42. The summed E-state index contributed by atoms with van der Waals surface area (Å²) in [6.45, 7) is 9.66. The van der Waals surface area contributed by atoms with Gasteiger partial charge in [-0.1, -0.05) is 6.08 Å². The lowest BCUT2D eigenvalue weighted by Crippen LogP contribution is -2.37. The number of amides is 1. The number of hydrogen-bond donors (Lipinski definition) is 2. The largest absolute Gasteiger partial charge is 0.444 e. The van der Waals surface area contributed by atoms with Crippen molar-refractivity contribution in [1.82, 2.24) is 5.32 Å². The highest BCUT2D eigenvalue weighted by Gasteiger charge is 2.51. The number of allylic oxidation sites excluding steroid dienone is 1. The van der Waals surface area contributed by atoms with Crippen molar-refractivity contribution in [3.63, 3.8) is 0 Å². The Bertz CT molecular complexity index is 282. The smallest absolute Gasteiger partial charge is 0.407 e. The summed E-state index contributed by atoms with van der Waals surface area (Å²) in [6.07, 6.45) is 2.27. The molecule has 0 aromatic carbocycles. The lowest BCUT2D eigenvalue weighted by Gasteiger charge is -2.21. The number of alkyl carbamates (subject to hydrolysis) is 1. The molecule has 92 valence electrons. The van der Waals surface area contributed by atoms with Crippen molar-refractivity contribution >= 4 is 6.09 Å². The van der Waals surface area contributed by atoms with E-state index in [0.717, 1.165) is 6.42 Å². The van der Waals surface area contributed by atoms with Gasteiger partial charge in [0, 0.05) is 12.0 Å². The van der Waals surface area contributed by atoms with Gasteiger partial charge in [0.15, 0.2) is 0 Å². The van der Waals surface area contributed by atoms with E-state index in [1.165, 1.54) is 0 Å². The molecular formula is C12H21NO3. The third-order valence-electron chi connectivity index (χ3n) is 2.84. The number of ether oxygens (including phenoxy) is 1. The topological polar surface area (TPSA) is 58.6 Å². The number of aliphatic hydroxyl groups is 1. The van der Waals surface area contributed by atoms with E-state index in [9.17, 15) is 9.90 Å². The van der Waals surface area contributed by atoms with Gasteiger partial charge < -0.3 is 15.2 Å². The summed E-state index contributed by atoms with van der Waals surface area (Å²) < 4.78 is 5.12. The van der Waals surface area contributed by atoms with Gasteiger partial charge in [0.2, 0.25) is 0 Å². The van der Waals surface area contributed by atoms with E-state index in [2.05, 4.69) is 11.9 Å². The van der Waals surface area contributed by atoms with Crippen LogP contribution in [0.2, 0.25) is 0 Å². The normalized spacial score (nSPS) is 28.4. The summed E-state index contributed by atoms with van der Waals surface area (Å²) >= 11 is 0. The minimum absolute atomic E-state index is 0.0689. The molecule has 4 heteroatoms. The van der Waals surface area contributed by atoms with Gasteiger partial charge in [0.1, 0.15) is 5.60 Å². The molecule has 4 nitrogen and oxygen atoms in total. The van der Waals surface area contributed by atoms with Crippen LogP contribution in [0.4, 0.5) is 4.79 Å². The fourth-order valence-electron chi connectivity index (χ4n) is 1.72. The first kappa shape index (κ1) is 13.0. The summed E-state index contributed by atoms with van der Waals surface area (Å²) in [5.74, 6) is 0.299. The highest BCUT2D eigenvalue weighted by Crippen LogP contribution is 2.52. The molecule has 1 aliphatic rings. The third kappa shape index (κ3) is 3.23. The lowest BCUT2D eigenvalue weighted by molar-refractivity contribution is 0.0505. The molecule has 0 aliphatic heterocycles. The fourth-order valence-corrected chi connectivity index (χ4v) is 1.72. The molecule has 16 heavy (non-hydrogen) atoms. The molecule has 1 amide bonds. The van der Waals surface area contributed by atoms with Gasteiger partial charge in [0.25, 0.3) is 0 Å². The number of aliphatic hydroxyl groups excluding tert-OH is 1. The zero-order chi connectivity index (χ0) is 12.4. The van der Waals surface area contributed by atoms with Crippen molar-refractivity contribution < 1.29 is 14.6 Å². The van der Waals surface area contributed by atoms with Crippen molar-refractivity contribution in [3.8, 4) is 0 Å². The predicted octanol–water partition coefficient (Wildman–Crippen LogP) is 1.70. The van der Waals surface area contributed by atoms with Gasteiger partial charge in [-0.2, -0.15) is 0 Å². The molecule has 0 heterocycles. The minimum Gasteiger partial charge on any atom is -0.444 e. The van der Waals surface area contributed by atoms with Crippen molar-refractivity contribution in [2.24, 2.45) is 11.3 Å². The van der Waals surface area contributed by atoms with Crippen LogP contribution in [-0.4, -0.2) is 30.0 Å². The molecule has 1 rings (SSSR count). The Hall–Kier alpha value is -1.03. The Balaban J connectivity index is 2.35. The molecule has 1 saturated carbocycles. The van der Waals surface area contributed by atoms with Gasteiger partial charge in [-0.05, 0) is 33.1 Å². The van der Waals surface area contributed by atoms with Crippen LogP contribution in [0, 0.1) is 11.3 Å². The zero-order valence-corrected chi connectivity index (χ0v) is 10.2. The van der Waals surface area contributed by atoms with Gasteiger partial charge in [-0.3, -0.25) is 0 Å². The monoisotopic (exact) mass is 227 g/mol. The minimum atomic E-state index is -0.488. The summed E-state index contributed by atoms with van der Waals surface area (Å²) in [5, 5.41) is 12.0. The van der Waals surface area contributed by atoms with E-state index < -0.39 is 11.7 Å². The molecule has 1 fully saturated rings. The highest BCUT2D eigenvalue weighted by atomic mass is 16.6. The van der Waals surface area contributed by atoms with E-state index in [-0.39, 0.29) is 12.0 Å². The fraction of sp³-hybridized carbons (Fsp3) is 0.750. The van der Waals surface area contributed by atoms with Gasteiger partial charge >= 0.3 is 6.09 Å². The van der Waals surface area contributed by atoms with E-state index >= 15 is 0 Å². The SMILES string of the molecule is C=C[C@@H]1C[C@]1(CO)CNC(=O)OC(C)(C)C. The summed E-state index contributed by atoms with van der Waals surface area (Å²) in [7, 11) is 0. The van der Waals surface area contributed by atoms with Crippen LogP contribution in [0.3, 0.4) is 0 Å².